The number of hydrogen-bond acceptors (Lipinski definition) is 3. The molecule has 1 atom stereocenters. The van der Waals surface area contributed by atoms with Crippen LogP contribution in [0.4, 0.5) is 0 Å². The van der Waals surface area contributed by atoms with Crippen molar-refractivity contribution in [1.29, 1.82) is 0 Å². The molecule has 0 radical (unpaired) electrons. The Balaban J connectivity index is 2.53. The minimum atomic E-state index is -0.190. The van der Waals surface area contributed by atoms with Crippen LogP contribution in [0.5, 0.6) is 0 Å². The SMILES string of the molecule is CCCNC(=O)CN(C)C(=O)C1NCCCC1(C)C. The summed E-state index contributed by atoms with van der Waals surface area (Å²) < 4.78 is 0. The summed E-state index contributed by atoms with van der Waals surface area (Å²) in [6.45, 7) is 7.87. The fraction of sp³-hybridized carbons (Fsp3) is 0.857. The number of piperidine rings is 1. The molecule has 2 N–H and O–H groups in total. The van der Waals surface area contributed by atoms with Gasteiger partial charge in [-0.25, -0.2) is 0 Å². The van der Waals surface area contributed by atoms with Gasteiger partial charge in [-0.15, -0.1) is 0 Å². The van der Waals surface area contributed by atoms with Crippen LogP contribution in [0.2, 0.25) is 0 Å². The molecule has 19 heavy (non-hydrogen) atoms. The standard InChI is InChI=1S/C14H27N3O2/c1-5-8-15-11(18)10-17(4)13(19)12-14(2,3)7-6-9-16-12/h12,16H,5-10H2,1-4H3,(H,15,18). The van der Waals surface area contributed by atoms with Crippen molar-refractivity contribution in [2.24, 2.45) is 5.41 Å². The quantitative estimate of drug-likeness (QED) is 0.774. The van der Waals surface area contributed by atoms with Gasteiger partial charge in [-0.2, -0.15) is 0 Å². The minimum Gasteiger partial charge on any atom is -0.355 e. The molecule has 5 nitrogen and oxygen atoms in total. The van der Waals surface area contributed by atoms with E-state index >= 15 is 0 Å². The molecule has 1 saturated heterocycles. The van der Waals surface area contributed by atoms with Crippen molar-refractivity contribution in [3.8, 4) is 0 Å². The van der Waals surface area contributed by atoms with Crippen molar-refractivity contribution in [2.75, 3.05) is 26.7 Å². The van der Waals surface area contributed by atoms with Gasteiger partial charge in [0.1, 0.15) is 0 Å². The summed E-state index contributed by atoms with van der Waals surface area (Å²) in [4.78, 5) is 25.6. The Morgan fingerprint density at radius 1 is 1.42 bits per heavy atom. The van der Waals surface area contributed by atoms with E-state index in [1.54, 1.807) is 7.05 Å². The molecule has 0 saturated carbocycles. The Morgan fingerprint density at radius 2 is 2.11 bits per heavy atom. The van der Waals surface area contributed by atoms with E-state index in [9.17, 15) is 9.59 Å². The molecule has 1 aliphatic heterocycles. The average Bonchev–Trinajstić information content (AvgIpc) is 2.35. The second-order valence-electron chi connectivity index (χ2n) is 6.02. The summed E-state index contributed by atoms with van der Waals surface area (Å²) in [5.41, 5.74) is -0.0521. The first kappa shape index (κ1) is 16.0. The van der Waals surface area contributed by atoms with E-state index < -0.39 is 0 Å². The third-order valence-corrected chi connectivity index (χ3v) is 3.70. The van der Waals surface area contributed by atoms with Gasteiger partial charge in [0.25, 0.3) is 0 Å². The molecule has 0 spiro atoms. The van der Waals surface area contributed by atoms with Gasteiger partial charge < -0.3 is 15.5 Å². The lowest BCUT2D eigenvalue weighted by atomic mass is 9.77. The lowest BCUT2D eigenvalue weighted by Gasteiger charge is -2.39. The topological polar surface area (TPSA) is 61.4 Å². The van der Waals surface area contributed by atoms with E-state index in [0.29, 0.717) is 6.54 Å². The van der Waals surface area contributed by atoms with Gasteiger partial charge >= 0.3 is 0 Å². The largest absolute Gasteiger partial charge is 0.355 e. The van der Waals surface area contributed by atoms with Gasteiger partial charge in [0.2, 0.25) is 11.8 Å². The molecular formula is C14H27N3O2. The Hall–Kier alpha value is -1.10. The maximum atomic E-state index is 12.4. The van der Waals surface area contributed by atoms with Crippen LogP contribution in [0, 0.1) is 5.41 Å². The number of rotatable bonds is 5. The molecule has 0 aliphatic carbocycles. The van der Waals surface area contributed by atoms with E-state index in [0.717, 1.165) is 25.8 Å². The van der Waals surface area contributed by atoms with Crippen molar-refractivity contribution < 1.29 is 9.59 Å². The summed E-state index contributed by atoms with van der Waals surface area (Å²) in [6, 6.07) is -0.190. The number of nitrogens with one attached hydrogen (secondary N) is 2. The predicted molar refractivity (Wildman–Crippen MR) is 75.7 cm³/mol. The van der Waals surface area contributed by atoms with Gasteiger partial charge in [-0.1, -0.05) is 20.8 Å². The number of likely N-dealkylation sites (N-methyl/N-ethyl adjacent to an activating group) is 1. The molecule has 0 aromatic heterocycles. The van der Waals surface area contributed by atoms with E-state index in [1.165, 1.54) is 4.90 Å². The highest BCUT2D eigenvalue weighted by Gasteiger charge is 2.38. The minimum absolute atomic E-state index is 0.0105. The molecule has 1 heterocycles. The first-order valence-corrected chi connectivity index (χ1v) is 7.13. The van der Waals surface area contributed by atoms with Crippen LogP contribution in [0.1, 0.15) is 40.0 Å². The van der Waals surface area contributed by atoms with Crippen molar-refractivity contribution in [3.63, 3.8) is 0 Å². The lowest BCUT2D eigenvalue weighted by molar-refractivity contribution is -0.139. The highest BCUT2D eigenvalue weighted by Crippen LogP contribution is 2.30. The fourth-order valence-electron chi connectivity index (χ4n) is 2.47. The monoisotopic (exact) mass is 269 g/mol. The number of carbonyl (C=O) groups is 2. The normalized spacial score (nSPS) is 21.8. The molecule has 5 heteroatoms. The number of amides is 2. The Labute approximate surface area is 116 Å². The van der Waals surface area contributed by atoms with Crippen LogP contribution in [0.15, 0.2) is 0 Å². The maximum absolute atomic E-state index is 12.4. The van der Waals surface area contributed by atoms with Crippen LogP contribution in [0.25, 0.3) is 0 Å². The second kappa shape index (κ2) is 6.89. The third kappa shape index (κ3) is 4.49. The molecule has 1 unspecified atom stereocenters. The molecule has 0 bridgehead atoms. The van der Waals surface area contributed by atoms with E-state index in [-0.39, 0.29) is 29.8 Å². The van der Waals surface area contributed by atoms with Crippen LogP contribution in [-0.2, 0) is 9.59 Å². The highest BCUT2D eigenvalue weighted by atomic mass is 16.2. The summed E-state index contributed by atoms with van der Waals surface area (Å²) in [5, 5.41) is 6.07. The molecule has 2 amide bonds. The van der Waals surface area contributed by atoms with Gasteiger partial charge in [0.05, 0.1) is 12.6 Å². The van der Waals surface area contributed by atoms with Crippen molar-refractivity contribution >= 4 is 11.8 Å². The first-order chi connectivity index (χ1) is 8.88. The molecule has 1 aliphatic rings. The zero-order valence-corrected chi connectivity index (χ0v) is 12.6. The number of hydrogen-bond donors (Lipinski definition) is 2. The lowest BCUT2D eigenvalue weighted by Crippen LogP contribution is -2.56. The van der Waals surface area contributed by atoms with Gasteiger partial charge in [0.15, 0.2) is 0 Å². The Kier molecular flexibility index (Phi) is 5.79. The average molecular weight is 269 g/mol. The van der Waals surface area contributed by atoms with E-state index in [1.807, 2.05) is 6.92 Å². The molecule has 0 aromatic rings. The highest BCUT2D eigenvalue weighted by molar-refractivity contribution is 5.87. The smallest absolute Gasteiger partial charge is 0.240 e. The molecule has 0 aromatic carbocycles. The number of carbonyl (C=O) groups excluding carboxylic acids is 2. The molecule has 1 fully saturated rings. The van der Waals surface area contributed by atoms with Crippen molar-refractivity contribution in [3.05, 3.63) is 0 Å². The zero-order valence-electron chi connectivity index (χ0n) is 12.6. The van der Waals surface area contributed by atoms with Crippen molar-refractivity contribution in [1.82, 2.24) is 15.5 Å². The van der Waals surface area contributed by atoms with Crippen LogP contribution in [0.3, 0.4) is 0 Å². The molecule has 1 rings (SSSR count). The fourth-order valence-corrected chi connectivity index (χ4v) is 2.47. The van der Waals surface area contributed by atoms with Gasteiger partial charge in [-0.05, 0) is 31.2 Å². The third-order valence-electron chi connectivity index (χ3n) is 3.70. The van der Waals surface area contributed by atoms with Crippen molar-refractivity contribution in [2.45, 2.75) is 46.1 Å². The second-order valence-corrected chi connectivity index (χ2v) is 6.02. The Morgan fingerprint density at radius 3 is 2.68 bits per heavy atom. The summed E-state index contributed by atoms with van der Waals surface area (Å²) in [7, 11) is 1.69. The van der Waals surface area contributed by atoms with Gasteiger partial charge in [-0.3, -0.25) is 9.59 Å². The first-order valence-electron chi connectivity index (χ1n) is 7.13. The summed E-state index contributed by atoms with van der Waals surface area (Å²) in [6.07, 6.45) is 3.03. The van der Waals surface area contributed by atoms with Crippen LogP contribution >= 0.6 is 0 Å². The zero-order chi connectivity index (χ0) is 14.5. The molecular weight excluding hydrogens is 242 g/mol. The number of nitrogens with zero attached hydrogens (tertiary/aromatic N) is 1. The van der Waals surface area contributed by atoms with E-state index in [2.05, 4.69) is 24.5 Å². The van der Waals surface area contributed by atoms with E-state index in [4.69, 9.17) is 0 Å². The van der Waals surface area contributed by atoms with Crippen LogP contribution in [-0.4, -0.2) is 49.4 Å². The predicted octanol–water partition coefficient (Wildman–Crippen LogP) is 0.749. The van der Waals surface area contributed by atoms with Crippen LogP contribution < -0.4 is 10.6 Å². The molecule has 110 valence electrons. The Bertz CT molecular complexity index is 329. The summed E-state index contributed by atoms with van der Waals surface area (Å²) >= 11 is 0. The maximum Gasteiger partial charge on any atom is 0.240 e. The van der Waals surface area contributed by atoms with Gasteiger partial charge in [0, 0.05) is 13.6 Å². The summed E-state index contributed by atoms with van der Waals surface area (Å²) in [5.74, 6) is -0.0809.